The van der Waals surface area contributed by atoms with E-state index in [4.69, 9.17) is 9.90 Å². The molecule has 0 radical (unpaired) electrons. The van der Waals surface area contributed by atoms with E-state index in [2.05, 4.69) is 32.8 Å². The first-order valence-electron chi connectivity index (χ1n) is 8.26. The molecule has 0 aromatic rings. The summed E-state index contributed by atoms with van der Waals surface area (Å²) in [6.45, 7) is 7.87. The standard InChI is InChI=1S/C14H26N2O6S.CH2O2/c1-9(2)5-6-15-13(17)11(7-10(3)4)16-14(18)12-8-21-23(19,20)22-12;2-1-3/h9-12H,5-8H2,1-4H3,(H,15,17)(H,16,18);1H,(H,2,3)/t11?,12-;/m0./s1. The minimum absolute atomic E-state index is 0.181. The van der Waals surface area contributed by atoms with Crippen LogP contribution in [-0.2, 0) is 33.1 Å². The lowest BCUT2D eigenvalue weighted by molar-refractivity contribution is -0.132. The SMILES string of the molecule is CC(C)CCNC(=O)C(CC(C)C)NC(=O)[C@@H]1COS(=O)(=O)O1.O=CO. The van der Waals surface area contributed by atoms with Crippen LogP contribution in [0.3, 0.4) is 0 Å². The Bertz CT molecular complexity index is 562. The lowest BCUT2D eigenvalue weighted by atomic mass is 10.0. The van der Waals surface area contributed by atoms with Crippen molar-refractivity contribution >= 4 is 28.7 Å². The third kappa shape index (κ3) is 10.3. The second-order valence-corrected chi connectivity index (χ2v) is 7.79. The Hall–Kier alpha value is -1.72. The number of hydrogen-bond acceptors (Lipinski definition) is 7. The lowest BCUT2D eigenvalue weighted by Crippen LogP contribution is -2.50. The first-order chi connectivity index (χ1) is 12.0. The zero-order valence-electron chi connectivity index (χ0n) is 15.4. The Labute approximate surface area is 153 Å². The fourth-order valence-corrected chi connectivity index (χ4v) is 2.81. The zero-order chi connectivity index (χ0) is 20.3. The molecule has 0 aromatic carbocycles. The van der Waals surface area contributed by atoms with E-state index in [0.717, 1.165) is 6.42 Å². The predicted molar refractivity (Wildman–Crippen MR) is 92.3 cm³/mol. The summed E-state index contributed by atoms with van der Waals surface area (Å²) in [5.41, 5.74) is 0. The van der Waals surface area contributed by atoms with Crippen molar-refractivity contribution in [1.82, 2.24) is 10.6 Å². The van der Waals surface area contributed by atoms with Gasteiger partial charge in [-0.3, -0.25) is 14.4 Å². The topological polar surface area (TPSA) is 148 Å². The minimum atomic E-state index is -4.10. The summed E-state index contributed by atoms with van der Waals surface area (Å²) in [7, 11) is -4.10. The lowest BCUT2D eigenvalue weighted by Gasteiger charge is -2.21. The number of carbonyl (C=O) groups excluding carboxylic acids is 2. The van der Waals surface area contributed by atoms with Gasteiger partial charge in [-0.25, -0.2) is 8.37 Å². The van der Waals surface area contributed by atoms with Gasteiger partial charge in [0.1, 0.15) is 12.6 Å². The van der Waals surface area contributed by atoms with Crippen molar-refractivity contribution in [3.63, 3.8) is 0 Å². The molecular formula is C15H28N2O8S. The summed E-state index contributed by atoms with van der Waals surface area (Å²) in [5.74, 6) is -0.312. The molecule has 1 aliphatic heterocycles. The predicted octanol–water partition coefficient (Wildman–Crippen LogP) is 0.0406. The summed E-state index contributed by atoms with van der Waals surface area (Å²) in [6.07, 6.45) is 0.0315. The van der Waals surface area contributed by atoms with E-state index in [1.165, 1.54) is 0 Å². The third-order valence-corrected chi connectivity index (χ3v) is 4.14. The molecule has 1 rings (SSSR count). The van der Waals surface area contributed by atoms with Crippen LogP contribution in [0.25, 0.3) is 0 Å². The van der Waals surface area contributed by atoms with Crippen molar-refractivity contribution in [3.8, 4) is 0 Å². The zero-order valence-corrected chi connectivity index (χ0v) is 16.2. The monoisotopic (exact) mass is 396 g/mol. The highest BCUT2D eigenvalue weighted by Crippen LogP contribution is 2.14. The summed E-state index contributed by atoms with van der Waals surface area (Å²) < 4.78 is 31.0. The van der Waals surface area contributed by atoms with Crippen LogP contribution >= 0.6 is 0 Å². The van der Waals surface area contributed by atoms with Gasteiger partial charge in [0.05, 0.1) is 0 Å². The van der Waals surface area contributed by atoms with Crippen molar-refractivity contribution < 1.29 is 36.3 Å². The highest BCUT2D eigenvalue weighted by molar-refractivity contribution is 7.82. The summed E-state index contributed by atoms with van der Waals surface area (Å²) in [5, 5.41) is 12.2. The largest absolute Gasteiger partial charge is 0.483 e. The molecule has 11 heteroatoms. The molecule has 1 unspecified atom stereocenters. The number of carboxylic acid groups (broad SMARTS) is 1. The molecule has 1 saturated heterocycles. The third-order valence-electron chi connectivity index (χ3n) is 3.25. The van der Waals surface area contributed by atoms with Gasteiger partial charge in [-0.2, -0.15) is 8.42 Å². The highest BCUT2D eigenvalue weighted by Gasteiger charge is 2.37. The van der Waals surface area contributed by atoms with E-state index < -0.39 is 28.5 Å². The van der Waals surface area contributed by atoms with Crippen LogP contribution < -0.4 is 10.6 Å². The molecule has 0 bridgehead atoms. The second-order valence-electron chi connectivity index (χ2n) is 6.55. The normalized spacial score (nSPS) is 19.4. The molecule has 0 aromatic heterocycles. The molecule has 10 nitrogen and oxygen atoms in total. The van der Waals surface area contributed by atoms with Crippen LogP contribution in [0.1, 0.15) is 40.5 Å². The first-order valence-corrected chi connectivity index (χ1v) is 9.59. The van der Waals surface area contributed by atoms with Crippen LogP contribution in [0, 0.1) is 11.8 Å². The molecule has 152 valence electrons. The maximum atomic E-state index is 12.2. The van der Waals surface area contributed by atoms with E-state index in [1.807, 2.05) is 13.8 Å². The van der Waals surface area contributed by atoms with Gasteiger partial charge in [-0.1, -0.05) is 27.7 Å². The van der Waals surface area contributed by atoms with E-state index >= 15 is 0 Å². The van der Waals surface area contributed by atoms with E-state index in [-0.39, 0.29) is 24.9 Å². The van der Waals surface area contributed by atoms with Gasteiger partial charge in [-0.05, 0) is 24.7 Å². The Morgan fingerprint density at radius 3 is 2.23 bits per heavy atom. The Kier molecular flexibility index (Phi) is 11.0. The number of nitrogens with one attached hydrogen (secondary N) is 2. The smallest absolute Gasteiger partial charge is 0.400 e. The fourth-order valence-electron chi connectivity index (χ4n) is 2.04. The van der Waals surface area contributed by atoms with Crippen LogP contribution in [0.15, 0.2) is 0 Å². The van der Waals surface area contributed by atoms with Gasteiger partial charge >= 0.3 is 10.4 Å². The summed E-state index contributed by atoms with van der Waals surface area (Å²) in [6, 6.07) is -0.735. The van der Waals surface area contributed by atoms with Crippen molar-refractivity contribution in [2.45, 2.75) is 52.7 Å². The highest BCUT2D eigenvalue weighted by atomic mass is 32.3. The number of rotatable bonds is 8. The van der Waals surface area contributed by atoms with Crippen LogP contribution in [-0.4, -0.2) is 57.1 Å². The molecule has 26 heavy (non-hydrogen) atoms. The molecule has 2 amide bonds. The van der Waals surface area contributed by atoms with Gasteiger partial charge < -0.3 is 15.7 Å². The molecular weight excluding hydrogens is 368 g/mol. The van der Waals surface area contributed by atoms with Crippen molar-refractivity contribution in [2.24, 2.45) is 11.8 Å². The average Bonchev–Trinajstić information content (AvgIpc) is 2.86. The maximum absolute atomic E-state index is 12.2. The Balaban J connectivity index is 0.00000194. The van der Waals surface area contributed by atoms with Gasteiger partial charge in [0.15, 0.2) is 6.10 Å². The van der Waals surface area contributed by atoms with Crippen LogP contribution in [0.2, 0.25) is 0 Å². The molecule has 1 fully saturated rings. The Morgan fingerprint density at radius 1 is 1.23 bits per heavy atom. The molecule has 3 N–H and O–H groups in total. The maximum Gasteiger partial charge on any atom is 0.400 e. The molecule has 0 spiro atoms. The second kappa shape index (κ2) is 11.8. The molecule has 0 aliphatic carbocycles. The van der Waals surface area contributed by atoms with Gasteiger partial charge in [0.25, 0.3) is 12.4 Å². The fraction of sp³-hybridized carbons (Fsp3) is 0.800. The molecule has 0 saturated carbocycles. The summed E-state index contributed by atoms with van der Waals surface area (Å²) >= 11 is 0. The minimum Gasteiger partial charge on any atom is -0.483 e. The molecule has 1 aliphatic rings. The van der Waals surface area contributed by atoms with Gasteiger partial charge in [0, 0.05) is 6.54 Å². The van der Waals surface area contributed by atoms with E-state index in [9.17, 15) is 18.0 Å². The van der Waals surface area contributed by atoms with Gasteiger partial charge in [0.2, 0.25) is 5.91 Å². The van der Waals surface area contributed by atoms with E-state index in [1.54, 1.807) is 0 Å². The average molecular weight is 396 g/mol. The van der Waals surface area contributed by atoms with Crippen LogP contribution in [0.4, 0.5) is 0 Å². The molecule has 2 atom stereocenters. The quantitative estimate of drug-likeness (QED) is 0.487. The number of hydrogen-bond donors (Lipinski definition) is 3. The van der Waals surface area contributed by atoms with Crippen molar-refractivity contribution in [1.29, 1.82) is 0 Å². The number of carbonyl (C=O) groups is 3. The number of amides is 2. The van der Waals surface area contributed by atoms with Crippen molar-refractivity contribution in [2.75, 3.05) is 13.2 Å². The van der Waals surface area contributed by atoms with E-state index in [0.29, 0.717) is 18.9 Å². The first kappa shape index (κ1) is 24.3. The molecule has 1 heterocycles. The van der Waals surface area contributed by atoms with Crippen molar-refractivity contribution in [3.05, 3.63) is 0 Å². The van der Waals surface area contributed by atoms with Gasteiger partial charge in [-0.15, -0.1) is 0 Å². The van der Waals surface area contributed by atoms with Crippen LogP contribution in [0.5, 0.6) is 0 Å². The summed E-state index contributed by atoms with van der Waals surface area (Å²) in [4.78, 5) is 32.6. The Morgan fingerprint density at radius 2 is 1.81 bits per heavy atom.